The van der Waals surface area contributed by atoms with Crippen LogP contribution in [0.15, 0.2) is 53.5 Å². The fourth-order valence-corrected chi connectivity index (χ4v) is 5.42. The van der Waals surface area contributed by atoms with Crippen molar-refractivity contribution in [3.8, 4) is 17.0 Å². The van der Waals surface area contributed by atoms with Crippen molar-refractivity contribution in [2.24, 2.45) is 0 Å². The highest BCUT2D eigenvalue weighted by molar-refractivity contribution is 5.99. The Kier molecular flexibility index (Phi) is 8.19. The number of aromatic nitrogens is 2. The largest absolute Gasteiger partial charge is 0.459 e. The third kappa shape index (κ3) is 5.87. The molecular formula is C32H39N5O4. The summed E-state index contributed by atoms with van der Waals surface area (Å²) in [5.41, 5.74) is 7.25. The summed E-state index contributed by atoms with van der Waals surface area (Å²) in [6.07, 6.45) is 1.79. The number of anilines is 1. The molecule has 0 bridgehead atoms. The molecule has 216 valence electrons. The Hall–Kier alpha value is -4.08. The molecule has 41 heavy (non-hydrogen) atoms. The SMILES string of the molecule is Cc1cc(C)c(CNC(=O)c2cc3c(-c4ccc(N(C)C)cc4)ccn3c(OC(C)N3CCOCC3)c2C)c(=O)[nH]1. The minimum atomic E-state index is -0.261. The van der Waals surface area contributed by atoms with Crippen LogP contribution in [0.5, 0.6) is 5.88 Å². The number of aryl methyl sites for hydroxylation is 2. The number of benzene rings is 1. The van der Waals surface area contributed by atoms with Gasteiger partial charge in [0.25, 0.3) is 11.5 Å². The number of morpholine rings is 1. The molecule has 1 saturated heterocycles. The Morgan fingerprint density at radius 2 is 1.80 bits per heavy atom. The maximum absolute atomic E-state index is 13.7. The van der Waals surface area contributed by atoms with Crippen LogP contribution in [0.2, 0.25) is 0 Å². The number of H-pyrrole nitrogens is 1. The summed E-state index contributed by atoms with van der Waals surface area (Å²) in [5, 5.41) is 2.98. The van der Waals surface area contributed by atoms with Gasteiger partial charge in [-0.05, 0) is 69.2 Å². The number of rotatable bonds is 8. The van der Waals surface area contributed by atoms with Crippen molar-refractivity contribution in [3.05, 3.63) is 87.0 Å². The number of carbonyl (C=O) groups excluding carboxylic acids is 1. The quantitative estimate of drug-likeness (QED) is 0.336. The second-order valence-electron chi connectivity index (χ2n) is 10.9. The molecule has 1 fully saturated rings. The molecule has 0 spiro atoms. The van der Waals surface area contributed by atoms with Gasteiger partial charge in [0.05, 0.1) is 18.7 Å². The third-order valence-corrected chi connectivity index (χ3v) is 7.85. The van der Waals surface area contributed by atoms with Crippen LogP contribution in [-0.2, 0) is 11.3 Å². The number of fused-ring (bicyclic) bond motifs is 1. The summed E-state index contributed by atoms with van der Waals surface area (Å²) in [4.78, 5) is 33.4. The molecule has 1 unspecified atom stereocenters. The molecule has 1 aromatic carbocycles. The van der Waals surface area contributed by atoms with E-state index in [-0.39, 0.29) is 24.2 Å². The fraction of sp³-hybridized carbons (Fsp3) is 0.375. The van der Waals surface area contributed by atoms with Crippen LogP contribution in [0, 0.1) is 20.8 Å². The van der Waals surface area contributed by atoms with E-state index in [1.54, 1.807) is 0 Å². The monoisotopic (exact) mass is 557 g/mol. The number of hydrogen-bond acceptors (Lipinski definition) is 6. The highest BCUT2D eigenvalue weighted by Gasteiger charge is 2.24. The van der Waals surface area contributed by atoms with E-state index >= 15 is 0 Å². The predicted octanol–water partition coefficient (Wildman–Crippen LogP) is 4.27. The number of nitrogens with zero attached hydrogens (tertiary/aromatic N) is 3. The topological polar surface area (TPSA) is 91.3 Å². The number of pyridine rings is 2. The molecular weight excluding hydrogens is 518 g/mol. The van der Waals surface area contributed by atoms with E-state index in [1.807, 2.05) is 64.5 Å². The number of ether oxygens (including phenoxy) is 2. The molecule has 3 aromatic heterocycles. The van der Waals surface area contributed by atoms with Gasteiger partial charge in [0.2, 0.25) is 5.88 Å². The lowest BCUT2D eigenvalue weighted by molar-refractivity contribution is -0.0394. The number of carbonyl (C=O) groups is 1. The van der Waals surface area contributed by atoms with E-state index in [0.29, 0.717) is 30.2 Å². The summed E-state index contributed by atoms with van der Waals surface area (Å²) < 4.78 is 14.1. The fourth-order valence-electron chi connectivity index (χ4n) is 5.42. The number of aromatic amines is 1. The van der Waals surface area contributed by atoms with Crippen molar-refractivity contribution in [3.63, 3.8) is 0 Å². The molecule has 0 radical (unpaired) electrons. The van der Waals surface area contributed by atoms with Crippen LogP contribution >= 0.6 is 0 Å². The minimum absolute atomic E-state index is 0.130. The molecule has 9 heteroatoms. The number of amides is 1. The predicted molar refractivity (Wildman–Crippen MR) is 162 cm³/mol. The Bertz CT molecular complexity index is 1610. The van der Waals surface area contributed by atoms with Crippen molar-refractivity contribution in [2.75, 3.05) is 45.3 Å². The number of nitrogens with one attached hydrogen (secondary N) is 2. The minimum Gasteiger partial charge on any atom is -0.459 e. The lowest BCUT2D eigenvalue weighted by atomic mass is 10.0. The first-order valence-corrected chi connectivity index (χ1v) is 14.0. The maximum atomic E-state index is 13.7. The lowest BCUT2D eigenvalue weighted by Gasteiger charge is -2.32. The van der Waals surface area contributed by atoms with Gasteiger partial charge in [-0.2, -0.15) is 0 Å². The lowest BCUT2D eigenvalue weighted by Crippen LogP contribution is -2.45. The molecule has 0 aliphatic carbocycles. The first-order valence-electron chi connectivity index (χ1n) is 14.0. The highest BCUT2D eigenvalue weighted by Crippen LogP contribution is 2.34. The van der Waals surface area contributed by atoms with E-state index in [9.17, 15) is 9.59 Å². The van der Waals surface area contributed by atoms with Gasteiger partial charge in [-0.25, -0.2) is 0 Å². The molecule has 0 saturated carbocycles. The Labute approximate surface area is 240 Å². The summed E-state index contributed by atoms with van der Waals surface area (Å²) in [6, 6.07) is 14.2. The van der Waals surface area contributed by atoms with E-state index in [1.165, 1.54) is 0 Å². The Morgan fingerprint density at radius 3 is 2.46 bits per heavy atom. The van der Waals surface area contributed by atoms with Gasteiger partial charge in [-0.15, -0.1) is 0 Å². The first-order chi connectivity index (χ1) is 19.6. The molecule has 4 aromatic rings. The second-order valence-corrected chi connectivity index (χ2v) is 10.9. The van der Waals surface area contributed by atoms with Gasteiger partial charge in [-0.1, -0.05) is 12.1 Å². The van der Waals surface area contributed by atoms with Gasteiger partial charge >= 0.3 is 0 Å². The van der Waals surface area contributed by atoms with Gasteiger partial charge in [0.15, 0.2) is 6.23 Å². The Morgan fingerprint density at radius 1 is 1.10 bits per heavy atom. The zero-order valence-electron chi connectivity index (χ0n) is 24.7. The number of hydrogen-bond donors (Lipinski definition) is 2. The summed E-state index contributed by atoms with van der Waals surface area (Å²) in [6.45, 7) is 10.7. The van der Waals surface area contributed by atoms with Crippen molar-refractivity contribution in [1.82, 2.24) is 19.6 Å². The summed E-state index contributed by atoms with van der Waals surface area (Å²) in [5.74, 6) is 0.357. The first kappa shape index (κ1) is 28.4. The Balaban J connectivity index is 1.54. The third-order valence-electron chi connectivity index (χ3n) is 7.85. The van der Waals surface area contributed by atoms with Crippen LogP contribution in [-0.4, -0.2) is 66.8 Å². The second kappa shape index (κ2) is 11.8. The van der Waals surface area contributed by atoms with Gasteiger partial charge in [-0.3, -0.25) is 18.9 Å². The van der Waals surface area contributed by atoms with E-state index in [2.05, 4.69) is 50.4 Å². The molecule has 1 aliphatic rings. The maximum Gasteiger partial charge on any atom is 0.253 e. The molecule has 9 nitrogen and oxygen atoms in total. The standard InChI is InChI=1S/C32H39N5O4/c1-20-17-21(2)34-31(39)28(20)19-33-30(38)27-18-29-26(24-7-9-25(10-8-24)35(5)6)11-12-37(29)32(22(27)3)41-23(4)36-13-15-40-16-14-36/h7-12,17-18,23H,13-16,19H2,1-6H3,(H,33,38)(H,34,39). The van der Waals surface area contributed by atoms with Crippen LogP contribution in [0.1, 0.15) is 39.7 Å². The van der Waals surface area contributed by atoms with Crippen LogP contribution in [0.4, 0.5) is 5.69 Å². The van der Waals surface area contributed by atoms with Gasteiger partial charge < -0.3 is 24.7 Å². The smallest absolute Gasteiger partial charge is 0.253 e. The van der Waals surface area contributed by atoms with Crippen molar-refractivity contribution < 1.29 is 14.3 Å². The zero-order valence-corrected chi connectivity index (χ0v) is 24.7. The summed E-state index contributed by atoms with van der Waals surface area (Å²) >= 11 is 0. The average molecular weight is 558 g/mol. The van der Waals surface area contributed by atoms with Crippen LogP contribution < -0.4 is 20.5 Å². The van der Waals surface area contributed by atoms with Crippen LogP contribution in [0.3, 0.4) is 0 Å². The molecule has 1 aliphatic heterocycles. The molecule has 1 amide bonds. The van der Waals surface area contributed by atoms with Gasteiger partial charge in [0.1, 0.15) is 0 Å². The van der Waals surface area contributed by atoms with Gasteiger partial charge in [0, 0.05) is 73.6 Å². The zero-order chi connectivity index (χ0) is 29.3. The summed E-state index contributed by atoms with van der Waals surface area (Å²) in [7, 11) is 4.03. The van der Waals surface area contributed by atoms with Crippen molar-refractivity contribution in [1.29, 1.82) is 0 Å². The molecule has 4 heterocycles. The van der Waals surface area contributed by atoms with E-state index in [0.717, 1.165) is 52.2 Å². The van der Waals surface area contributed by atoms with Crippen molar-refractivity contribution in [2.45, 2.75) is 40.5 Å². The van der Waals surface area contributed by atoms with E-state index in [4.69, 9.17) is 9.47 Å². The van der Waals surface area contributed by atoms with Crippen LogP contribution in [0.25, 0.3) is 16.6 Å². The molecule has 1 atom stereocenters. The normalized spacial score (nSPS) is 14.7. The van der Waals surface area contributed by atoms with E-state index < -0.39 is 0 Å². The van der Waals surface area contributed by atoms with Crippen molar-refractivity contribution >= 4 is 17.1 Å². The average Bonchev–Trinajstić information content (AvgIpc) is 3.38. The molecule has 2 N–H and O–H groups in total. The molecule has 5 rings (SSSR count). The highest BCUT2D eigenvalue weighted by atomic mass is 16.5.